The average molecular weight is 434 g/mol. The largest absolute Gasteiger partial charge is 0.336 e. The van der Waals surface area contributed by atoms with Gasteiger partial charge in [-0.15, -0.1) is 11.3 Å². The molecule has 2 aromatic heterocycles. The van der Waals surface area contributed by atoms with Gasteiger partial charge >= 0.3 is 5.69 Å². The minimum Gasteiger partial charge on any atom is -0.324 e. The Morgan fingerprint density at radius 1 is 1.00 bits per heavy atom. The Kier molecular flexibility index (Phi) is 5.37. The zero-order valence-corrected chi connectivity index (χ0v) is 18.7. The van der Waals surface area contributed by atoms with E-state index >= 15 is 0 Å². The molecule has 158 valence electrons. The maximum absolute atomic E-state index is 13.4. The fourth-order valence-corrected chi connectivity index (χ4v) is 4.46. The first-order valence-corrected chi connectivity index (χ1v) is 10.8. The molecule has 31 heavy (non-hydrogen) atoms. The quantitative estimate of drug-likeness (QED) is 0.527. The second kappa shape index (κ2) is 8.00. The predicted molar refractivity (Wildman–Crippen MR) is 126 cm³/mol. The number of nitrogens with one attached hydrogen (secondary N) is 1. The lowest BCUT2D eigenvalue weighted by atomic mass is 10.1. The molecule has 0 bridgehead atoms. The highest BCUT2D eigenvalue weighted by Crippen LogP contribution is 2.20. The van der Waals surface area contributed by atoms with Crippen LogP contribution < -0.4 is 16.6 Å². The van der Waals surface area contributed by atoms with Gasteiger partial charge in [-0.05, 0) is 73.5 Å². The first-order chi connectivity index (χ1) is 14.8. The summed E-state index contributed by atoms with van der Waals surface area (Å²) in [6.45, 7) is 7.49. The lowest BCUT2D eigenvalue weighted by molar-refractivity contribution is -0.116. The molecule has 4 aromatic rings. The van der Waals surface area contributed by atoms with E-state index < -0.39 is 5.69 Å². The summed E-state index contributed by atoms with van der Waals surface area (Å²) in [6, 6.07) is 13.0. The minimum atomic E-state index is -0.527. The molecule has 2 aromatic carbocycles. The summed E-state index contributed by atoms with van der Waals surface area (Å²) >= 11 is 1.27. The van der Waals surface area contributed by atoms with Crippen LogP contribution in [0.5, 0.6) is 0 Å². The number of hydrogen-bond donors (Lipinski definition) is 1. The molecule has 7 heteroatoms. The van der Waals surface area contributed by atoms with E-state index in [-0.39, 0.29) is 18.0 Å². The third-order valence-electron chi connectivity index (χ3n) is 5.54. The first-order valence-electron chi connectivity index (χ1n) is 9.94. The average Bonchev–Trinajstić information content (AvgIpc) is 3.21. The molecule has 0 aliphatic carbocycles. The molecule has 0 fully saturated rings. The van der Waals surface area contributed by atoms with Gasteiger partial charge in [-0.1, -0.05) is 24.3 Å². The van der Waals surface area contributed by atoms with E-state index in [1.165, 1.54) is 20.5 Å². The molecule has 0 spiro atoms. The summed E-state index contributed by atoms with van der Waals surface area (Å²) in [6.07, 6.45) is 0. The monoisotopic (exact) mass is 433 g/mol. The van der Waals surface area contributed by atoms with Crippen molar-refractivity contribution in [3.05, 3.63) is 90.9 Å². The number of benzene rings is 2. The van der Waals surface area contributed by atoms with Crippen LogP contribution in [-0.2, 0) is 11.3 Å². The normalized spacial score (nSPS) is 11.1. The van der Waals surface area contributed by atoms with Crippen LogP contribution in [-0.4, -0.2) is 15.0 Å². The number of aryl methyl sites for hydroxylation is 3. The summed E-state index contributed by atoms with van der Waals surface area (Å²) in [7, 11) is 0. The minimum absolute atomic E-state index is 0.190. The Morgan fingerprint density at radius 2 is 1.77 bits per heavy atom. The van der Waals surface area contributed by atoms with Crippen LogP contribution in [0.1, 0.15) is 22.3 Å². The molecule has 0 atom stereocenters. The SMILES string of the molecule is Cc1ccc(C)c(NC(=O)Cn2c(=O)n(-c3cccc(C)c3C)c(=O)c3sccc32)c1. The summed E-state index contributed by atoms with van der Waals surface area (Å²) in [5.74, 6) is -0.325. The Labute approximate surface area is 183 Å². The van der Waals surface area contributed by atoms with Crippen LogP contribution >= 0.6 is 11.3 Å². The molecule has 0 saturated heterocycles. The fraction of sp³-hybridized carbons (Fsp3) is 0.208. The lowest BCUT2D eigenvalue weighted by Gasteiger charge is -2.15. The van der Waals surface area contributed by atoms with Gasteiger partial charge in [-0.2, -0.15) is 0 Å². The smallest absolute Gasteiger partial charge is 0.324 e. The predicted octanol–water partition coefficient (Wildman–Crippen LogP) is 4.09. The Hall–Kier alpha value is -3.45. The molecular weight excluding hydrogens is 410 g/mol. The van der Waals surface area contributed by atoms with Crippen molar-refractivity contribution in [2.75, 3.05) is 5.32 Å². The number of nitrogens with zero attached hydrogens (tertiary/aromatic N) is 2. The van der Waals surface area contributed by atoms with Crippen LogP contribution in [0.25, 0.3) is 15.9 Å². The van der Waals surface area contributed by atoms with E-state index in [4.69, 9.17) is 0 Å². The molecule has 4 rings (SSSR count). The third-order valence-corrected chi connectivity index (χ3v) is 6.43. The van der Waals surface area contributed by atoms with Crippen molar-refractivity contribution >= 4 is 33.1 Å². The number of carbonyl (C=O) groups excluding carboxylic acids is 1. The van der Waals surface area contributed by atoms with Crippen molar-refractivity contribution in [1.29, 1.82) is 0 Å². The van der Waals surface area contributed by atoms with E-state index in [1.54, 1.807) is 17.5 Å². The number of anilines is 1. The standard InChI is InChI=1S/C24H23N3O3S/c1-14-8-9-16(3)18(12-14)25-21(28)13-26-20-10-11-31-22(20)23(29)27(24(26)30)19-7-5-6-15(2)17(19)4/h5-12H,13H2,1-4H3,(H,25,28). The van der Waals surface area contributed by atoms with Gasteiger partial charge in [-0.25, -0.2) is 9.36 Å². The highest BCUT2D eigenvalue weighted by atomic mass is 32.1. The Balaban J connectivity index is 1.83. The summed E-state index contributed by atoms with van der Waals surface area (Å²) in [5.41, 5.74) is 4.62. The second-order valence-corrected chi connectivity index (χ2v) is 8.65. The molecule has 2 heterocycles. The van der Waals surface area contributed by atoms with Crippen LogP contribution in [0.4, 0.5) is 5.69 Å². The number of thiophene rings is 1. The number of carbonyl (C=O) groups is 1. The van der Waals surface area contributed by atoms with Gasteiger partial charge in [0.1, 0.15) is 11.2 Å². The number of rotatable bonds is 4. The lowest BCUT2D eigenvalue weighted by Crippen LogP contribution is -2.40. The second-order valence-electron chi connectivity index (χ2n) is 7.73. The number of amides is 1. The molecule has 1 N–H and O–H groups in total. The Bertz CT molecular complexity index is 1440. The van der Waals surface area contributed by atoms with Crippen molar-refractivity contribution in [2.45, 2.75) is 34.2 Å². The van der Waals surface area contributed by atoms with Gasteiger partial charge in [0.2, 0.25) is 5.91 Å². The zero-order valence-electron chi connectivity index (χ0n) is 17.9. The molecule has 0 radical (unpaired) electrons. The highest BCUT2D eigenvalue weighted by molar-refractivity contribution is 7.17. The van der Waals surface area contributed by atoms with Gasteiger partial charge in [0, 0.05) is 5.69 Å². The van der Waals surface area contributed by atoms with Crippen LogP contribution in [0.3, 0.4) is 0 Å². The first kappa shape index (κ1) is 20.8. The molecule has 0 aliphatic rings. The molecule has 0 aliphatic heterocycles. The molecule has 1 amide bonds. The highest BCUT2D eigenvalue weighted by Gasteiger charge is 2.19. The fourth-order valence-electron chi connectivity index (χ4n) is 3.63. The molecule has 6 nitrogen and oxygen atoms in total. The summed E-state index contributed by atoms with van der Waals surface area (Å²) in [5, 5.41) is 4.66. The summed E-state index contributed by atoms with van der Waals surface area (Å²) in [4.78, 5) is 39.4. The summed E-state index contributed by atoms with van der Waals surface area (Å²) < 4.78 is 2.99. The van der Waals surface area contributed by atoms with Crippen molar-refractivity contribution in [3.63, 3.8) is 0 Å². The van der Waals surface area contributed by atoms with E-state index in [0.717, 1.165) is 22.3 Å². The maximum Gasteiger partial charge on any atom is 0.336 e. The van der Waals surface area contributed by atoms with Crippen molar-refractivity contribution in [1.82, 2.24) is 9.13 Å². The van der Waals surface area contributed by atoms with Gasteiger partial charge in [0.25, 0.3) is 5.56 Å². The van der Waals surface area contributed by atoms with Gasteiger partial charge in [0.05, 0.1) is 11.2 Å². The number of hydrogen-bond acceptors (Lipinski definition) is 4. The number of aromatic nitrogens is 2. The zero-order chi connectivity index (χ0) is 22.3. The topological polar surface area (TPSA) is 73.1 Å². The third kappa shape index (κ3) is 3.72. The van der Waals surface area contributed by atoms with Crippen molar-refractivity contribution < 1.29 is 4.79 Å². The molecule has 0 saturated carbocycles. The van der Waals surface area contributed by atoms with E-state index in [9.17, 15) is 14.4 Å². The molecule has 0 unspecified atom stereocenters. The van der Waals surface area contributed by atoms with Gasteiger partial charge in [0.15, 0.2) is 0 Å². The van der Waals surface area contributed by atoms with Crippen LogP contribution in [0.15, 0.2) is 57.4 Å². The van der Waals surface area contributed by atoms with Crippen LogP contribution in [0, 0.1) is 27.7 Å². The van der Waals surface area contributed by atoms with E-state index in [1.807, 2.05) is 58.0 Å². The van der Waals surface area contributed by atoms with E-state index in [0.29, 0.717) is 21.6 Å². The maximum atomic E-state index is 13.4. The van der Waals surface area contributed by atoms with E-state index in [2.05, 4.69) is 5.32 Å². The Morgan fingerprint density at radius 3 is 2.55 bits per heavy atom. The molecular formula is C24H23N3O3S. The van der Waals surface area contributed by atoms with Crippen molar-refractivity contribution in [2.24, 2.45) is 0 Å². The van der Waals surface area contributed by atoms with Gasteiger partial charge in [-0.3, -0.25) is 14.2 Å². The van der Waals surface area contributed by atoms with Crippen LogP contribution in [0.2, 0.25) is 0 Å². The number of fused-ring (bicyclic) bond motifs is 1. The van der Waals surface area contributed by atoms with Gasteiger partial charge < -0.3 is 5.32 Å². The van der Waals surface area contributed by atoms with Crippen molar-refractivity contribution in [3.8, 4) is 5.69 Å².